The van der Waals surface area contributed by atoms with Crippen LogP contribution >= 0.6 is 0 Å². The van der Waals surface area contributed by atoms with E-state index in [1.54, 1.807) is 54.4 Å². The largest absolute Gasteiger partial charge is 0.497 e. The number of carboxylic acids is 2. The van der Waals surface area contributed by atoms with E-state index in [0.717, 1.165) is 17.2 Å². The van der Waals surface area contributed by atoms with Crippen molar-refractivity contribution >= 4 is 50.5 Å². The average Bonchev–Trinajstić information content (AvgIpc) is 3.06. The number of methoxy groups -OCH3 is 1. The van der Waals surface area contributed by atoms with E-state index in [1.807, 2.05) is 12.1 Å². The number of amides is 2. The van der Waals surface area contributed by atoms with Crippen molar-refractivity contribution in [3.8, 4) is 5.75 Å². The summed E-state index contributed by atoms with van der Waals surface area (Å²) in [7, 11) is -1.32. The Hall–Kier alpha value is -5.22. The first-order valence-corrected chi connectivity index (χ1v) is 16.8. The minimum absolute atomic E-state index is 0.109. The first-order valence-electron chi connectivity index (χ1n) is 15.3. The van der Waals surface area contributed by atoms with E-state index in [9.17, 15) is 27.9 Å². The van der Waals surface area contributed by atoms with Crippen LogP contribution in [0.15, 0.2) is 71.6 Å². The van der Waals surface area contributed by atoms with Crippen molar-refractivity contribution in [2.24, 2.45) is 5.73 Å². The number of nitrogens with zero attached hydrogens (tertiary/aromatic N) is 3. The fraction of sp³-hybridized carbons (Fsp3) is 0.364. The van der Waals surface area contributed by atoms with Gasteiger partial charge in [-0.2, -0.15) is 4.72 Å². The summed E-state index contributed by atoms with van der Waals surface area (Å²) in [6.45, 7) is 1.08. The molecule has 1 fully saturated rings. The van der Waals surface area contributed by atoms with Crippen LogP contribution < -0.4 is 15.2 Å². The molecule has 1 saturated heterocycles. The van der Waals surface area contributed by atoms with E-state index in [2.05, 4.69) is 4.72 Å². The SMILES string of the molecule is CC(=O)O.COc1cccc(CN(CC(=O)O)C(=O)[C@H](CC(=O)N(C)[C@H]2CCCN(C(=N)N)C2)NS(=O)(=O)c2ccc3ccccc3c2)c1. The van der Waals surface area contributed by atoms with Crippen LogP contribution in [-0.2, 0) is 35.7 Å². The number of rotatable bonds is 12. The van der Waals surface area contributed by atoms with E-state index >= 15 is 0 Å². The molecule has 2 atom stereocenters. The van der Waals surface area contributed by atoms with Gasteiger partial charge in [-0.25, -0.2) is 8.42 Å². The lowest BCUT2D eigenvalue weighted by atomic mass is 10.0. The number of benzene rings is 3. The highest BCUT2D eigenvalue weighted by Gasteiger charge is 2.35. The van der Waals surface area contributed by atoms with Crippen molar-refractivity contribution < 1.29 is 42.5 Å². The topological polar surface area (TPSA) is 224 Å². The number of hydrogen-bond acceptors (Lipinski definition) is 8. The van der Waals surface area contributed by atoms with Crippen LogP contribution in [0.5, 0.6) is 5.75 Å². The Morgan fingerprint density at radius 2 is 1.73 bits per heavy atom. The first-order chi connectivity index (χ1) is 23.1. The molecule has 264 valence electrons. The molecule has 16 heteroatoms. The molecular weight excluding hydrogens is 656 g/mol. The zero-order valence-electron chi connectivity index (χ0n) is 27.5. The minimum Gasteiger partial charge on any atom is -0.497 e. The molecule has 2 amide bonds. The molecular formula is C33H42N6O9S. The van der Waals surface area contributed by atoms with Crippen LogP contribution in [0.4, 0.5) is 0 Å². The van der Waals surface area contributed by atoms with E-state index in [-0.39, 0.29) is 23.4 Å². The quantitative estimate of drug-likeness (QED) is 0.136. The smallest absolute Gasteiger partial charge is 0.323 e. The molecule has 6 N–H and O–H groups in total. The van der Waals surface area contributed by atoms with Gasteiger partial charge in [-0.05, 0) is 53.4 Å². The van der Waals surface area contributed by atoms with Crippen molar-refractivity contribution in [2.75, 3.05) is 33.8 Å². The number of nitrogens with two attached hydrogens (primary N) is 1. The van der Waals surface area contributed by atoms with Crippen LogP contribution in [0, 0.1) is 5.41 Å². The molecule has 1 heterocycles. The third kappa shape index (κ3) is 11.2. The predicted molar refractivity (Wildman–Crippen MR) is 181 cm³/mol. The van der Waals surface area contributed by atoms with Gasteiger partial charge in [0, 0.05) is 39.6 Å². The summed E-state index contributed by atoms with van der Waals surface area (Å²) in [6, 6.07) is 16.5. The monoisotopic (exact) mass is 698 g/mol. The lowest BCUT2D eigenvalue weighted by Crippen LogP contribution is -2.54. The number of carbonyl (C=O) groups is 4. The maximum Gasteiger partial charge on any atom is 0.323 e. The first kappa shape index (κ1) is 38.2. The third-order valence-electron chi connectivity index (χ3n) is 7.83. The summed E-state index contributed by atoms with van der Waals surface area (Å²) < 4.78 is 35.0. The van der Waals surface area contributed by atoms with Crippen molar-refractivity contribution in [3.63, 3.8) is 0 Å². The third-order valence-corrected chi connectivity index (χ3v) is 9.30. The molecule has 3 aromatic rings. The van der Waals surface area contributed by atoms with Crippen LogP contribution in [-0.4, -0.2) is 109 Å². The van der Waals surface area contributed by atoms with Gasteiger partial charge < -0.3 is 35.4 Å². The predicted octanol–water partition coefficient (Wildman–Crippen LogP) is 1.91. The van der Waals surface area contributed by atoms with Crippen molar-refractivity contribution in [2.45, 2.75) is 49.7 Å². The van der Waals surface area contributed by atoms with Gasteiger partial charge in [-0.15, -0.1) is 0 Å². The van der Waals surface area contributed by atoms with Gasteiger partial charge in [0.15, 0.2) is 5.96 Å². The number of aliphatic carboxylic acids is 2. The van der Waals surface area contributed by atoms with Gasteiger partial charge in [-0.3, -0.25) is 24.6 Å². The zero-order valence-corrected chi connectivity index (χ0v) is 28.4. The normalized spacial score (nSPS) is 14.9. The van der Waals surface area contributed by atoms with Crippen LogP contribution in [0.1, 0.15) is 31.7 Å². The summed E-state index contributed by atoms with van der Waals surface area (Å²) in [4.78, 5) is 52.4. The van der Waals surface area contributed by atoms with Crippen LogP contribution in [0.25, 0.3) is 10.8 Å². The number of likely N-dealkylation sites (N-methyl/N-ethyl adjacent to an activating group) is 1. The molecule has 0 spiro atoms. The number of ether oxygens (including phenoxy) is 1. The number of guanidine groups is 1. The number of carbonyl (C=O) groups excluding carboxylic acids is 2. The van der Waals surface area contributed by atoms with E-state index in [0.29, 0.717) is 42.6 Å². The number of carboxylic acid groups (broad SMARTS) is 2. The summed E-state index contributed by atoms with van der Waals surface area (Å²) in [5.74, 6) is -3.16. The van der Waals surface area contributed by atoms with Gasteiger partial charge in [-0.1, -0.05) is 42.5 Å². The molecule has 0 aliphatic carbocycles. The molecule has 0 bridgehead atoms. The Balaban J connectivity index is 0.00000154. The Morgan fingerprint density at radius 3 is 2.37 bits per heavy atom. The Morgan fingerprint density at radius 1 is 1.06 bits per heavy atom. The van der Waals surface area contributed by atoms with Gasteiger partial charge in [0.25, 0.3) is 5.97 Å². The van der Waals surface area contributed by atoms with E-state index in [1.165, 1.54) is 24.1 Å². The molecule has 0 unspecified atom stereocenters. The molecule has 4 rings (SSSR count). The molecule has 0 radical (unpaired) electrons. The highest BCUT2D eigenvalue weighted by molar-refractivity contribution is 7.89. The molecule has 1 aliphatic heterocycles. The number of fused-ring (bicyclic) bond motifs is 1. The summed E-state index contributed by atoms with van der Waals surface area (Å²) >= 11 is 0. The van der Waals surface area contributed by atoms with Crippen molar-refractivity contribution in [1.29, 1.82) is 5.41 Å². The minimum atomic E-state index is -4.35. The molecule has 1 aliphatic rings. The summed E-state index contributed by atoms with van der Waals surface area (Å²) in [5, 5.41) is 26.3. The van der Waals surface area contributed by atoms with Crippen LogP contribution in [0.2, 0.25) is 0 Å². The van der Waals surface area contributed by atoms with Gasteiger partial charge >= 0.3 is 5.97 Å². The number of piperidine rings is 1. The second-order valence-corrected chi connectivity index (χ2v) is 13.2. The highest BCUT2D eigenvalue weighted by Crippen LogP contribution is 2.22. The molecule has 15 nitrogen and oxygen atoms in total. The van der Waals surface area contributed by atoms with Gasteiger partial charge in [0.05, 0.1) is 18.4 Å². The summed E-state index contributed by atoms with van der Waals surface area (Å²) in [5.41, 5.74) is 6.21. The van der Waals surface area contributed by atoms with Crippen LogP contribution in [0.3, 0.4) is 0 Å². The molecule has 3 aromatic carbocycles. The Labute approximate surface area is 284 Å². The maximum absolute atomic E-state index is 14.0. The molecule has 0 aromatic heterocycles. The van der Waals surface area contributed by atoms with Crippen molar-refractivity contribution in [3.05, 3.63) is 72.3 Å². The number of nitrogens with one attached hydrogen (secondary N) is 2. The lowest BCUT2D eigenvalue weighted by molar-refractivity contribution is -0.146. The second-order valence-electron chi connectivity index (χ2n) is 11.5. The molecule has 49 heavy (non-hydrogen) atoms. The second kappa shape index (κ2) is 17.3. The Kier molecular flexibility index (Phi) is 13.5. The zero-order chi connectivity index (χ0) is 36.3. The lowest BCUT2D eigenvalue weighted by Gasteiger charge is -2.38. The fourth-order valence-electron chi connectivity index (χ4n) is 5.37. The Bertz CT molecular complexity index is 1780. The standard InChI is InChI=1S/C31H38N6O7S.C2H4O2/c1-35(24-10-6-14-36(19-24)31(32)33)28(38)17-27(34-45(42,43)26-13-12-22-8-3-4-9-23(22)16-26)30(41)37(20-29(39)40)18-21-7-5-11-25(15-21)44-2;1-2(3)4/h3-5,7-9,11-13,15-16,24,27,34H,6,10,14,17-20H2,1-2H3,(H3,32,33)(H,39,40);1H3,(H,3,4)/t24-,27-;/m0./s1. The van der Waals surface area contributed by atoms with E-state index in [4.69, 9.17) is 25.8 Å². The number of sulfonamides is 1. The fourth-order valence-corrected chi connectivity index (χ4v) is 6.59. The van der Waals surface area contributed by atoms with Crippen molar-refractivity contribution in [1.82, 2.24) is 19.4 Å². The maximum atomic E-state index is 14.0. The number of hydrogen-bond donors (Lipinski definition) is 5. The van der Waals surface area contributed by atoms with Gasteiger partial charge in [0.1, 0.15) is 18.3 Å². The summed E-state index contributed by atoms with van der Waals surface area (Å²) in [6.07, 6.45) is 0.757. The molecule has 0 saturated carbocycles. The number of likely N-dealkylation sites (tertiary alicyclic amines) is 1. The van der Waals surface area contributed by atoms with E-state index < -0.39 is 52.8 Å². The highest BCUT2D eigenvalue weighted by atomic mass is 32.2. The average molecular weight is 699 g/mol. The van der Waals surface area contributed by atoms with Gasteiger partial charge in [0.2, 0.25) is 21.8 Å².